The Kier molecular flexibility index (Phi) is 4.16. The van der Waals surface area contributed by atoms with E-state index in [0.29, 0.717) is 10.8 Å². The normalized spacial score (nSPS) is 18.5. The van der Waals surface area contributed by atoms with E-state index in [0.717, 1.165) is 41.5 Å². The fraction of sp³-hybridized carbons (Fsp3) is 0.476. The number of aliphatic hydroxyl groups excluding tert-OH is 1. The summed E-state index contributed by atoms with van der Waals surface area (Å²) in [5.74, 6) is 0. The molecule has 1 unspecified atom stereocenters. The summed E-state index contributed by atoms with van der Waals surface area (Å²) in [7, 11) is 1.85. The first-order valence-electron chi connectivity index (χ1n) is 8.71. The third kappa shape index (κ3) is 2.93. The molecule has 0 fully saturated rings. The minimum absolute atomic E-state index is 0.0128. The quantitative estimate of drug-likeness (QED) is 0.883. The van der Waals surface area contributed by atoms with E-state index in [1.54, 1.807) is 11.5 Å². The topological polar surface area (TPSA) is 42.2 Å². The van der Waals surface area contributed by atoms with E-state index in [-0.39, 0.29) is 5.56 Å². The molecule has 24 heavy (non-hydrogen) atoms. The lowest BCUT2D eigenvalue weighted by molar-refractivity contribution is 0.201. The molecular weight excluding hydrogens is 298 g/mol. The van der Waals surface area contributed by atoms with E-state index in [4.69, 9.17) is 0 Å². The van der Waals surface area contributed by atoms with E-state index < -0.39 is 6.10 Å². The number of rotatable bonds is 2. The molecule has 1 aliphatic carbocycles. The number of hydrogen-bond acceptors (Lipinski definition) is 2. The van der Waals surface area contributed by atoms with Crippen LogP contribution in [0.3, 0.4) is 0 Å². The summed E-state index contributed by atoms with van der Waals surface area (Å²) >= 11 is 0. The van der Waals surface area contributed by atoms with Crippen LogP contribution < -0.4 is 5.56 Å². The summed E-state index contributed by atoms with van der Waals surface area (Å²) in [6, 6.07) is 5.99. The minimum Gasteiger partial charge on any atom is -0.389 e. The molecule has 1 heterocycles. The highest BCUT2D eigenvalue weighted by atomic mass is 16.3. The third-order valence-electron chi connectivity index (χ3n) is 5.29. The zero-order chi connectivity index (χ0) is 17.6. The number of allylic oxidation sites excluding steroid dienone is 2. The summed E-state index contributed by atoms with van der Waals surface area (Å²) in [4.78, 5) is 12.9. The predicted octanol–water partition coefficient (Wildman–Crippen LogP) is 4.49. The smallest absolute Gasteiger partial charge is 0.258 e. The summed E-state index contributed by atoms with van der Waals surface area (Å²) in [5.41, 5.74) is 4.41. The lowest BCUT2D eigenvalue weighted by Gasteiger charge is -2.29. The van der Waals surface area contributed by atoms with Gasteiger partial charge in [-0.2, -0.15) is 0 Å². The second kappa shape index (κ2) is 5.89. The standard InChI is InChI=1S/C21H27NO2/c1-13-10-16(14(2)23)17-12-19(22(5)20(24)18(17)11-13)15-6-8-21(3,4)9-7-15/h6,10-12,14,23H,7-9H2,1-5H3. The number of hydrogen-bond donors (Lipinski definition) is 1. The fourth-order valence-electron chi connectivity index (χ4n) is 3.65. The van der Waals surface area contributed by atoms with Gasteiger partial charge in [0.05, 0.1) is 6.10 Å². The van der Waals surface area contributed by atoms with Crippen molar-refractivity contribution in [2.75, 3.05) is 0 Å². The molecule has 1 atom stereocenters. The molecule has 0 bridgehead atoms. The number of nitrogens with zero attached hydrogens (tertiary/aromatic N) is 1. The molecule has 1 aromatic carbocycles. The molecule has 2 aromatic rings. The van der Waals surface area contributed by atoms with Crippen molar-refractivity contribution in [2.24, 2.45) is 12.5 Å². The van der Waals surface area contributed by atoms with Crippen LogP contribution in [0.1, 0.15) is 63.0 Å². The fourth-order valence-corrected chi connectivity index (χ4v) is 3.65. The molecule has 1 N–H and O–H groups in total. The molecule has 1 aliphatic rings. The molecule has 0 aliphatic heterocycles. The van der Waals surface area contributed by atoms with Gasteiger partial charge < -0.3 is 9.67 Å². The van der Waals surface area contributed by atoms with Gasteiger partial charge in [0.25, 0.3) is 5.56 Å². The Balaban J connectivity index is 2.26. The lowest BCUT2D eigenvalue weighted by atomic mass is 9.77. The highest BCUT2D eigenvalue weighted by molar-refractivity contribution is 5.88. The minimum atomic E-state index is -0.591. The van der Waals surface area contributed by atoms with Crippen LogP contribution in [0.4, 0.5) is 0 Å². The van der Waals surface area contributed by atoms with Gasteiger partial charge in [-0.25, -0.2) is 0 Å². The Morgan fingerprint density at radius 2 is 1.92 bits per heavy atom. The largest absolute Gasteiger partial charge is 0.389 e. The Bertz CT molecular complexity index is 885. The van der Waals surface area contributed by atoms with Gasteiger partial charge in [0, 0.05) is 18.1 Å². The van der Waals surface area contributed by atoms with Crippen LogP contribution in [-0.4, -0.2) is 9.67 Å². The zero-order valence-corrected chi connectivity index (χ0v) is 15.3. The molecule has 0 radical (unpaired) electrons. The zero-order valence-electron chi connectivity index (χ0n) is 15.3. The van der Waals surface area contributed by atoms with Crippen LogP contribution in [-0.2, 0) is 7.05 Å². The maximum absolute atomic E-state index is 12.9. The van der Waals surface area contributed by atoms with Crippen molar-refractivity contribution in [3.05, 3.63) is 51.4 Å². The molecule has 0 saturated carbocycles. The van der Waals surface area contributed by atoms with E-state index in [1.807, 2.05) is 26.1 Å². The van der Waals surface area contributed by atoms with E-state index in [2.05, 4.69) is 26.0 Å². The lowest BCUT2D eigenvalue weighted by Crippen LogP contribution is -2.22. The van der Waals surface area contributed by atoms with Gasteiger partial charge in [-0.3, -0.25) is 4.79 Å². The SMILES string of the molecule is Cc1cc(C(C)O)c2cc(C3=CCC(C)(C)CC3)n(C)c(=O)c2c1. The predicted molar refractivity (Wildman–Crippen MR) is 100 cm³/mol. The molecule has 0 amide bonds. The maximum atomic E-state index is 12.9. The summed E-state index contributed by atoms with van der Waals surface area (Å²) in [5, 5.41) is 11.7. The monoisotopic (exact) mass is 325 g/mol. The molecule has 0 saturated heterocycles. The van der Waals surface area contributed by atoms with Crippen molar-refractivity contribution in [1.82, 2.24) is 4.57 Å². The highest BCUT2D eigenvalue weighted by Gasteiger charge is 2.23. The first kappa shape index (κ1) is 17.0. The van der Waals surface area contributed by atoms with Crippen molar-refractivity contribution in [3.8, 4) is 0 Å². The molecule has 0 spiro atoms. The molecular formula is C21H27NO2. The molecule has 1 aromatic heterocycles. The Hall–Kier alpha value is -1.87. The van der Waals surface area contributed by atoms with Gasteiger partial charge in [-0.15, -0.1) is 0 Å². The number of pyridine rings is 1. The number of aliphatic hydroxyl groups is 1. The maximum Gasteiger partial charge on any atom is 0.258 e. The Morgan fingerprint density at radius 3 is 2.50 bits per heavy atom. The second-order valence-corrected chi connectivity index (χ2v) is 7.98. The van der Waals surface area contributed by atoms with Crippen molar-refractivity contribution in [3.63, 3.8) is 0 Å². The molecule has 128 valence electrons. The first-order valence-corrected chi connectivity index (χ1v) is 8.71. The van der Waals surface area contributed by atoms with Gasteiger partial charge in [0.2, 0.25) is 0 Å². The van der Waals surface area contributed by atoms with Gasteiger partial charge in [-0.05, 0) is 72.7 Å². The van der Waals surface area contributed by atoms with E-state index in [1.165, 1.54) is 5.57 Å². The third-order valence-corrected chi connectivity index (χ3v) is 5.29. The van der Waals surface area contributed by atoms with Crippen LogP contribution in [0.15, 0.2) is 29.1 Å². The number of aromatic nitrogens is 1. The average Bonchev–Trinajstić information content (AvgIpc) is 2.51. The molecule has 3 nitrogen and oxygen atoms in total. The average molecular weight is 325 g/mol. The van der Waals surface area contributed by atoms with Crippen LogP contribution in [0, 0.1) is 12.3 Å². The van der Waals surface area contributed by atoms with Gasteiger partial charge in [0.1, 0.15) is 0 Å². The number of benzene rings is 1. The number of aryl methyl sites for hydroxylation is 1. The van der Waals surface area contributed by atoms with Gasteiger partial charge >= 0.3 is 0 Å². The van der Waals surface area contributed by atoms with Crippen molar-refractivity contribution >= 4 is 16.3 Å². The van der Waals surface area contributed by atoms with Crippen molar-refractivity contribution < 1.29 is 5.11 Å². The van der Waals surface area contributed by atoms with Gasteiger partial charge in [-0.1, -0.05) is 26.0 Å². The van der Waals surface area contributed by atoms with E-state index >= 15 is 0 Å². The van der Waals surface area contributed by atoms with Crippen LogP contribution in [0.2, 0.25) is 0 Å². The number of fused-ring (bicyclic) bond motifs is 1. The molecule has 3 rings (SSSR count). The Morgan fingerprint density at radius 1 is 1.21 bits per heavy atom. The van der Waals surface area contributed by atoms with Gasteiger partial charge in [0.15, 0.2) is 0 Å². The van der Waals surface area contributed by atoms with Crippen molar-refractivity contribution in [1.29, 1.82) is 0 Å². The van der Waals surface area contributed by atoms with Crippen LogP contribution in [0.25, 0.3) is 16.3 Å². The van der Waals surface area contributed by atoms with Crippen LogP contribution >= 0.6 is 0 Å². The first-order chi connectivity index (χ1) is 11.2. The second-order valence-electron chi connectivity index (χ2n) is 7.98. The molecule has 3 heteroatoms. The van der Waals surface area contributed by atoms with Crippen LogP contribution in [0.5, 0.6) is 0 Å². The highest BCUT2D eigenvalue weighted by Crippen LogP contribution is 2.38. The van der Waals surface area contributed by atoms with Crippen molar-refractivity contribution in [2.45, 2.75) is 53.1 Å². The summed E-state index contributed by atoms with van der Waals surface area (Å²) < 4.78 is 1.76. The Labute approximate surface area is 143 Å². The van der Waals surface area contributed by atoms with E-state index in [9.17, 15) is 9.90 Å². The summed E-state index contributed by atoms with van der Waals surface area (Å²) in [6.45, 7) is 8.29. The summed E-state index contributed by atoms with van der Waals surface area (Å²) in [6.07, 6.45) is 4.84.